The van der Waals surface area contributed by atoms with Crippen LogP contribution in [0.4, 0.5) is 13.2 Å². The van der Waals surface area contributed by atoms with Gasteiger partial charge in [0.05, 0.1) is 0 Å². The third kappa shape index (κ3) is 4.64. The van der Waals surface area contributed by atoms with Crippen LogP contribution in [0.25, 0.3) is 0 Å². The van der Waals surface area contributed by atoms with Gasteiger partial charge in [-0.3, -0.25) is 14.4 Å². The van der Waals surface area contributed by atoms with Gasteiger partial charge in [-0.05, 0) is 99.7 Å². The number of carbonyl (C=O) groups is 3. The Balaban J connectivity index is 0.00000280. The van der Waals surface area contributed by atoms with Crippen molar-refractivity contribution >= 4 is 30.1 Å². The molecular formula is C26H38ClF3N4O3. The van der Waals surface area contributed by atoms with Gasteiger partial charge >= 0.3 is 12.1 Å². The van der Waals surface area contributed by atoms with Gasteiger partial charge in [0.25, 0.3) is 0 Å². The molecule has 0 saturated heterocycles. The topological polar surface area (TPSA) is 105 Å². The highest BCUT2D eigenvalue weighted by molar-refractivity contribution is 5.88. The summed E-state index contributed by atoms with van der Waals surface area (Å²) >= 11 is 0. The lowest BCUT2D eigenvalue weighted by atomic mass is 9.50. The first-order valence-corrected chi connectivity index (χ1v) is 13.6. The van der Waals surface area contributed by atoms with Crippen molar-refractivity contribution in [3.8, 4) is 0 Å². The van der Waals surface area contributed by atoms with Crippen LogP contribution in [-0.4, -0.2) is 58.5 Å². The monoisotopic (exact) mass is 546 g/mol. The second-order valence-corrected chi connectivity index (χ2v) is 13.2. The van der Waals surface area contributed by atoms with E-state index in [1.165, 1.54) is 6.92 Å². The standard InChI is InChI=1S/C26H37F3N4O3.ClH/c1-13(34)31-24-6-15-4-18(10-24)22(19(5-15)11-24)33(23(36)26(27,28)29)12-20(35)32-25-7-14-2-16(8-25)21(30)17(3-14)9-25;/h14-19,21-22H,2-12,30H2,1H3,(H,31,34)(H,32,35);1H. The second-order valence-electron chi connectivity index (χ2n) is 13.2. The average molecular weight is 547 g/mol. The predicted octanol–water partition coefficient (Wildman–Crippen LogP) is 2.90. The second kappa shape index (κ2) is 9.00. The van der Waals surface area contributed by atoms with Crippen LogP contribution in [0.5, 0.6) is 0 Å². The first-order valence-electron chi connectivity index (χ1n) is 13.6. The number of alkyl halides is 3. The van der Waals surface area contributed by atoms with Crippen molar-refractivity contribution in [2.75, 3.05) is 6.54 Å². The van der Waals surface area contributed by atoms with Crippen molar-refractivity contribution in [2.45, 2.75) is 100 Å². The molecule has 8 bridgehead atoms. The molecule has 0 radical (unpaired) electrons. The highest BCUT2D eigenvalue weighted by Crippen LogP contribution is 2.58. The number of rotatable bonds is 5. The Kier molecular flexibility index (Phi) is 6.57. The van der Waals surface area contributed by atoms with Crippen LogP contribution in [0.3, 0.4) is 0 Å². The van der Waals surface area contributed by atoms with E-state index in [0.717, 1.165) is 56.3 Å². The summed E-state index contributed by atoms with van der Waals surface area (Å²) < 4.78 is 41.3. The summed E-state index contributed by atoms with van der Waals surface area (Å²) in [5.74, 6) is -1.32. The zero-order valence-electron chi connectivity index (χ0n) is 21.2. The molecule has 0 heterocycles. The van der Waals surface area contributed by atoms with E-state index in [1.54, 1.807) is 0 Å². The van der Waals surface area contributed by atoms with Crippen LogP contribution < -0.4 is 16.4 Å². The molecule has 8 aliphatic rings. The van der Waals surface area contributed by atoms with E-state index < -0.39 is 41.7 Å². The van der Waals surface area contributed by atoms with Gasteiger partial charge in [0.1, 0.15) is 6.54 Å². The smallest absolute Gasteiger partial charge is 0.351 e. The van der Waals surface area contributed by atoms with Crippen LogP contribution in [0.2, 0.25) is 0 Å². The third-order valence-corrected chi connectivity index (χ3v) is 10.6. The number of hydrogen-bond donors (Lipinski definition) is 3. The number of amides is 3. The van der Waals surface area contributed by atoms with Crippen LogP contribution in [-0.2, 0) is 14.4 Å². The van der Waals surface area contributed by atoms with Gasteiger partial charge in [-0.1, -0.05) is 0 Å². The molecular weight excluding hydrogens is 509 g/mol. The van der Waals surface area contributed by atoms with Gasteiger partial charge in [-0.2, -0.15) is 13.2 Å². The van der Waals surface area contributed by atoms with E-state index in [1.807, 2.05) is 0 Å². The summed E-state index contributed by atoms with van der Waals surface area (Å²) in [7, 11) is 0. The van der Waals surface area contributed by atoms with E-state index in [0.29, 0.717) is 36.5 Å². The lowest BCUT2D eigenvalue weighted by Crippen LogP contribution is -2.69. The summed E-state index contributed by atoms with van der Waals surface area (Å²) in [4.78, 5) is 38.8. The first kappa shape index (κ1) is 27.0. The van der Waals surface area contributed by atoms with Crippen LogP contribution in [0.1, 0.15) is 71.1 Å². The minimum atomic E-state index is -5.04. The fourth-order valence-corrected chi connectivity index (χ4v) is 10.2. The molecule has 4 unspecified atom stereocenters. The molecule has 8 fully saturated rings. The molecule has 8 aliphatic carbocycles. The van der Waals surface area contributed by atoms with Crippen molar-refractivity contribution in [3.63, 3.8) is 0 Å². The summed E-state index contributed by atoms with van der Waals surface area (Å²) in [6, 6.07) is -0.494. The van der Waals surface area contributed by atoms with Gasteiger partial charge in [0.15, 0.2) is 0 Å². The Morgan fingerprint density at radius 3 is 1.78 bits per heavy atom. The van der Waals surface area contributed by atoms with Crippen molar-refractivity contribution in [1.82, 2.24) is 15.5 Å². The molecule has 0 aliphatic heterocycles. The predicted molar refractivity (Wildman–Crippen MR) is 131 cm³/mol. The summed E-state index contributed by atoms with van der Waals surface area (Å²) in [6.45, 7) is 0.902. The molecule has 11 heteroatoms. The molecule has 4 N–H and O–H groups in total. The molecule has 0 spiro atoms. The minimum absolute atomic E-state index is 0. The quantitative estimate of drug-likeness (QED) is 0.493. The van der Waals surface area contributed by atoms with E-state index in [4.69, 9.17) is 5.73 Å². The first-order chi connectivity index (χ1) is 16.9. The zero-order valence-corrected chi connectivity index (χ0v) is 22.0. The number of nitrogens with zero attached hydrogens (tertiary/aromatic N) is 1. The number of nitrogens with two attached hydrogens (primary N) is 1. The average Bonchev–Trinajstić information content (AvgIpc) is 2.73. The third-order valence-electron chi connectivity index (χ3n) is 10.6. The Morgan fingerprint density at radius 1 is 0.838 bits per heavy atom. The normalized spacial score (nSPS) is 44.8. The van der Waals surface area contributed by atoms with Crippen LogP contribution >= 0.6 is 12.4 Å². The maximum atomic E-state index is 13.8. The Bertz CT molecular complexity index is 945. The highest BCUT2D eigenvalue weighted by Gasteiger charge is 2.60. The van der Waals surface area contributed by atoms with Gasteiger partial charge in [0.2, 0.25) is 11.8 Å². The lowest BCUT2D eigenvalue weighted by Gasteiger charge is -2.62. The number of halogens is 4. The number of hydrogen-bond acceptors (Lipinski definition) is 4. The maximum Gasteiger partial charge on any atom is 0.471 e. The molecule has 208 valence electrons. The fraction of sp³-hybridized carbons (Fsp3) is 0.885. The molecule has 8 saturated carbocycles. The van der Waals surface area contributed by atoms with Crippen molar-refractivity contribution in [1.29, 1.82) is 0 Å². The molecule has 8 rings (SSSR count). The van der Waals surface area contributed by atoms with E-state index in [2.05, 4.69) is 10.6 Å². The summed E-state index contributed by atoms with van der Waals surface area (Å²) in [5.41, 5.74) is 5.61. The Hall–Kier alpha value is -1.55. The molecule has 37 heavy (non-hydrogen) atoms. The Labute approximate surface area is 221 Å². The van der Waals surface area contributed by atoms with Gasteiger partial charge < -0.3 is 21.3 Å². The van der Waals surface area contributed by atoms with Crippen molar-refractivity contribution in [3.05, 3.63) is 0 Å². The van der Waals surface area contributed by atoms with Gasteiger partial charge in [0, 0.05) is 30.1 Å². The summed E-state index contributed by atoms with van der Waals surface area (Å²) in [5, 5.41) is 6.21. The fourth-order valence-electron chi connectivity index (χ4n) is 10.2. The van der Waals surface area contributed by atoms with Gasteiger partial charge in [-0.25, -0.2) is 0 Å². The van der Waals surface area contributed by atoms with Crippen LogP contribution in [0.15, 0.2) is 0 Å². The number of nitrogens with one attached hydrogen (secondary N) is 2. The largest absolute Gasteiger partial charge is 0.471 e. The molecule has 0 aromatic carbocycles. The highest BCUT2D eigenvalue weighted by atomic mass is 35.5. The lowest BCUT2D eigenvalue weighted by molar-refractivity contribution is -0.196. The van der Waals surface area contributed by atoms with E-state index in [9.17, 15) is 27.6 Å². The number of carbonyl (C=O) groups excluding carboxylic acids is 3. The molecule has 3 amide bonds. The molecule has 7 nitrogen and oxygen atoms in total. The van der Waals surface area contributed by atoms with E-state index >= 15 is 0 Å². The van der Waals surface area contributed by atoms with E-state index in [-0.39, 0.29) is 36.2 Å². The molecule has 4 atom stereocenters. The SMILES string of the molecule is CC(=O)NC12CC3CC(C1)C(N(CC(=O)NC14CC5CC(C1)C(N)C(C5)C4)C(=O)C(F)(F)F)C(C3)C2.Cl. The van der Waals surface area contributed by atoms with Crippen molar-refractivity contribution < 1.29 is 27.6 Å². The van der Waals surface area contributed by atoms with Gasteiger partial charge in [-0.15, -0.1) is 12.4 Å². The van der Waals surface area contributed by atoms with Crippen molar-refractivity contribution in [2.24, 2.45) is 41.2 Å². The molecule has 0 aromatic rings. The summed E-state index contributed by atoms with van der Waals surface area (Å²) in [6.07, 6.45) is 2.91. The maximum absolute atomic E-state index is 13.8. The zero-order chi connectivity index (χ0) is 25.6. The van der Waals surface area contributed by atoms with Crippen LogP contribution in [0, 0.1) is 35.5 Å². The molecule has 0 aromatic heterocycles. The minimum Gasteiger partial charge on any atom is -0.351 e. The Morgan fingerprint density at radius 2 is 1.30 bits per heavy atom.